The van der Waals surface area contributed by atoms with Crippen LogP contribution in [-0.2, 0) is 0 Å². The predicted molar refractivity (Wildman–Crippen MR) is 270 cm³/mol. The third kappa shape index (κ3) is 5.97. The molecule has 13 rings (SSSR count). The van der Waals surface area contributed by atoms with Crippen LogP contribution in [0.3, 0.4) is 0 Å². The molecule has 0 spiro atoms. The van der Waals surface area contributed by atoms with E-state index in [1.54, 1.807) is 0 Å². The van der Waals surface area contributed by atoms with Gasteiger partial charge in [-0.25, -0.2) is 0 Å². The molecule has 1 aliphatic carbocycles. The first-order valence-corrected chi connectivity index (χ1v) is 23.0. The summed E-state index contributed by atoms with van der Waals surface area (Å²) in [6.07, 6.45) is 6.33. The van der Waals surface area contributed by atoms with Gasteiger partial charge >= 0.3 is 0 Å². The average Bonchev–Trinajstić information content (AvgIpc) is 3.76. The molecule has 3 heterocycles. The van der Waals surface area contributed by atoms with Crippen LogP contribution < -0.4 is 26.2 Å². The van der Waals surface area contributed by atoms with Crippen molar-refractivity contribution in [3.63, 3.8) is 0 Å². The van der Waals surface area contributed by atoms with Crippen molar-refractivity contribution in [2.45, 2.75) is 38.0 Å². The molecular formula is C60H45BN2O. The van der Waals surface area contributed by atoms with Gasteiger partial charge in [0, 0.05) is 50.5 Å². The van der Waals surface area contributed by atoms with Gasteiger partial charge in [0.1, 0.15) is 11.2 Å². The summed E-state index contributed by atoms with van der Waals surface area (Å²) in [6.45, 7) is 0.0429. The van der Waals surface area contributed by atoms with Crippen LogP contribution in [0.5, 0.6) is 0 Å². The van der Waals surface area contributed by atoms with Gasteiger partial charge < -0.3 is 14.2 Å². The first kappa shape index (κ1) is 37.0. The van der Waals surface area contributed by atoms with Crippen LogP contribution in [0.1, 0.15) is 43.6 Å². The van der Waals surface area contributed by atoms with E-state index in [-0.39, 0.29) is 6.71 Å². The molecule has 1 aromatic heterocycles. The molecule has 10 aromatic rings. The molecule has 2 aliphatic heterocycles. The van der Waals surface area contributed by atoms with E-state index in [1.165, 1.54) is 105 Å². The molecule has 3 nitrogen and oxygen atoms in total. The molecule has 64 heavy (non-hydrogen) atoms. The quantitative estimate of drug-likeness (QED) is 0.156. The van der Waals surface area contributed by atoms with Gasteiger partial charge in [0.2, 0.25) is 0 Å². The second kappa shape index (κ2) is 15.1. The van der Waals surface area contributed by atoms with Crippen molar-refractivity contribution in [2.75, 3.05) is 9.80 Å². The summed E-state index contributed by atoms with van der Waals surface area (Å²) >= 11 is 0. The minimum Gasteiger partial charge on any atom is -0.455 e. The smallest absolute Gasteiger partial charge is 0.252 e. The summed E-state index contributed by atoms with van der Waals surface area (Å²) in [7, 11) is 0. The highest BCUT2D eigenvalue weighted by Crippen LogP contribution is 2.48. The Hall–Kier alpha value is -7.56. The number of hydrogen-bond acceptors (Lipinski definition) is 3. The molecule has 9 aromatic carbocycles. The normalized spacial score (nSPS) is 14.4. The maximum atomic E-state index is 6.53. The number of benzene rings is 9. The van der Waals surface area contributed by atoms with E-state index in [9.17, 15) is 0 Å². The van der Waals surface area contributed by atoms with Crippen molar-refractivity contribution in [1.82, 2.24) is 0 Å². The number of nitrogens with zero attached hydrogens (tertiary/aromatic N) is 2. The van der Waals surface area contributed by atoms with Crippen molar-refractivity contribution >= 4 is 79.2 Å². The van der Waals surface area contributed by atoms with Crippen molar-refractivity contribution in [2.24, 2.45) is 0 Å². The number of anilines is 6. The van der Waals surface area contributed by atoms with Crippen LogP contribution >= 0.6 is 0 Å². The van der Waals surface area contributed by atoms with Gasteiger partial charge in [-0.2, -0.15) is 0 Å². The lowest BCUT2D eigenvalue weighted by Crippen LogP contribution is -2.61. The number of fused-ring (bicyclic) bond motifs is 7. The zero-order valence-electron chi connectivity index (χ0n) is 35.6. The standard InChI is InChI=1S/C60H45BN2O/c1-4-15-40(16-5-1)43-27-32-47(33-28-43)62-54-25-12-11-24-52(54)61-53-37-45(41-17-6-2-7-18-41)31-36-55(53)63(57-39-46(38-56(62)59(57)61)42-19-8-3-9-20-42)48-34-29-44(30-35-48)49-22-14-23-51-50-21-10-13-26-58(50)64-60(49)51/h1-2,4-7,10-18,21-39,42H,3,8-9,19-20H2. The number of hydrogen-bond donors (Lipinski definition) is 0. The van der Waals surface area contributed by atoms with Crippen molar-refractivity contribution < 1.29 is 4.42 Å². The predicted octanol–water partition coefficient (Wildman–Crippen LogP) is 14.7. The molecule has 0 atom stereocenters. The largest absolute Gasteiger partial charge is 0.455 e. The van der Waals surface area contributed by atoms with Gasteiger partial charge in [-0.15, -0.1) is 0 Å². The van der Waals surface area contributed by atoms with Crippen LogP contribution in [0.2, 0.25) is 0 Å². The molecule has 0 unspecified atom stereocenters. The molecule has 0 radical (unpaired) electrons. The van der Waals surface area contributed by atoms with Gasteiger partial charge in [-0.3, -0.25) is 0 Å². The number of rotatable bonds is 6. The Morgan fingerprint density at radius 3 is 1.69 bits per heavy atom. The highest BCUT2D eigenvalue weighted by molar-refractivity contribution is 7.00. The van der Waals surface area contributed by atoms with Gasteiger partial charge in [0.25, 0.3) is 6.71 Å². The number of furan rings is 1. The fourth-order valence-electron chi connectivity index (χ4n) is 11.2. The van der Waals surface area contributed by atoms with Crippen molar-refractivity contribution in [3.8, 4) is 33.4 Å². The summed E-state index contributed by atoms with van der Waals surface area (Å²) in [6, 6.07) is 76.4. The molecular weight excluding hydrogens is 775 g/mol. The average molecular weight is 821 g/mol. The lowest BCUT2D eigenvalue weighted by Gasteiger charge is -2.45. The summed E-state index contributed by atoms with van der Waals surface area (Å²) < 4.78 is 6.53. The Balaban J connectivity index is 1.03. The van der Waals surface area contributed by atoms with E-state index in [2.05, 4.69) is 210 Å². The third-order valence-corrected chi connectivity index (χ3v) is 14.3. The Bertz CT molecular complexity index is 3370. The van der Waals surface area contributed by atoms with Gasteiger partial charge in [0.15, 0.2) is 0 Å². The first-order chi connectivity index (χ1) is 31.7. The summed E-state index contributed by atoms with van der Waals surface area (Å²) in [4.78, 5) is 5.13. The van der Waals surface area contributed by atoms with Crippen LogP contribution in [0.15, 0.2) is 211 Å². The SMILES string of the molecule is c1ccc(-c2ccc(N3c4ccccc4B4c5cc(-c6ccccc6)ccc5N(c5ccc(-c6cccc7c6oc6ccccc67)cc5)c5cc(C6CCCCC6)cc3c54)cc2)cc1. The fourth-order valence-corrected chi connectivity index (χ4v) is 11.2. The third-order valence-electron chi connectivity index (χ3n) is 14.3. The van der Waals surface area contributed by atoms with Gasteiger partial charge in [-0.1, -0.05) is 171 Å². The van der Waals surface area contributed by atoms with Crippen LogP contribution in [0.25, 0.3) is 55.3 Å². The maximum Gasteiger partial charge on any atom is 0.252 e. The number of para-hydroxylation sites is 3. The highest BCUT2D eigenvalue weighted by Gasteiger charge is 2.44. The van der Waals surface area contributed by atoms with Crippen LogP contribution in [0.4, 0.5) is 34.1 Å². The van der Waals surface area contributed by atoms with Crippen molar-refractivity contribution in [1.29, 1.82) is 0 Å². The molecule has 0 bridgehead atoms. The first-order valence-electron chi connectivity index (χ1n) is 23.0. The summed E-state index contributed by atoms with van der Waals surface area (Å²) in [5.74, 6) is 0.517. The summed E-state index contributed by atoms with van der Waals surface area (Å²) in [5.41, 5.74) is 21.8. The monoisotopic (exact) mass is 820 g/mol. The second-order valence-corrected chi connectivity index (χ2v) is 17.9. The van der Waals surface area contributed by atoms with Crippen LogP contribution in [-0.4, -0.2) is 6.71 Å². The molecule has 0 saturated heterocycles. The fraction of sp³-hybridized carbons (Fsp3) is 0.100. The molecule has 3 aliphatic rings. The zero-order chi connectivity index (χ0) is 42.1. The second-order valence-electron chi connectivity index (χ2n) is 17.9. The highest BCUT2D eigenvalue weighted by atomic mass is 16.3. The Morgan fingerprint density at radius 1 is 0.406 bits per heavy atom. The lowest BCUT2D eigenvalue weighted by molar-refractivity contribution is 0.444. The van der Waals surface area contributed by atoms with Crippen molar-refractivity contribution in [3.05, 3.63) is 212 Å². The maximum absolute atomic E-state index is 6.53. The topological polar surface area (TPSA) is 19.6 Å². The summed E-state index contributed by atoms with van der Waals surface area (Å²) in [5, 5.41) is 2.30. The van der Waals surface area contributed by atoms with E-state index in [1.807, 2.05) is 6.07 Å². The molecule has 0 amide bonds. The van der Waals surface area contributed by atoms with Gasteiger partial charge in [0.05, 0.1) is 0 Å². The molecule has 304 valence electrons. The molecule has 1 saturated carbocycles. The zero-order valence-corrected chi connectivity index (χ0v) is 35.6. The minimum atomic E-state index is 0.0429. The van der Waals surface area contributed by atoms with Crippen LogP contribution in [0, 0.1) is 0 Å². The molecule has 0 N–H and O–H groups in total. The van der Waals surface area contributed by atoms with E-state index < -0.39 is 0 Å². The Labute approximate surface area is 375 Å². The van der Waals surface area contributed by atoms with E-state index >= 15 is 0 Å². The van der Waals surface area contributed by atoms with E-state index in [0.717, 1.165) is 38.8 Å². The van der Waals surface area contributed by atoms with Gasteiger partial charge in [-0.05, 0) is 123 Å². The Morgan fingerprint density at radius 2 is 0.969 bits per heavy atom. The lowest BCUT2D eigenvalue weighted by atomic mass is 9.33. The Kier molecular flexibility index (Phi) is 8.72. The molecule has 1 fully saturated rings. The van der Waals surface area contributed by atoms with E-state index in [0.29, 0.717) is 5.92 Å². The molecule has 4 heteroatoms. The minimum absolute atomic E-state index is 0.0429. The van der Waals surface area contributed by atoms with E-state index in [4.69, 9.17) is 4.42 Å².